The summed E-state index contributed by atoms with van der Waals surface area (Å²) < 4.78 is 6.23. The van der Waals surface area contributed by atoms with E-state index in [0.29, 0.717) is 37.1 Å². The van der Waals surface area contributed by atoms with Gasteiger partial charge in [-0.3, -0.25) is 9.59 Å². The van der Waals surface area contributed by atoms with Crippen LogP contribution < -0.4 is 4.74 Å². The van der Waals surface area contributed by atoms with Crippen LogP contribution in [-0.4, -0.2) is 47.9 Å². The van der Waals surface area contributed by atoms with Gasteiger partial charge in [-0.1, -0.05) is 44.2 Å². The summed E-state index contributed by atoms with van der Waals surface area (Å²) in [5.41, 5.74) is 4.06. The number of thiophene rings is 1. The van der Waals surface area contributed by atoms with E-state index in [2.05, 4.69) is 37.4 Å². The van der Waals surface area contributed by atoms with Crippen LogP contribution in [0.4, 0.5) is 0 Å². The van der Waals surface area contributed by atoms with E-state index in [4.69, 9.17) is 4.74 Å². The van der Waals surface area contributed by atoms with E-state index in [9.17, 15) is 9.59 Å². The summed E-state index contributed by atoms with van der Waals surface area (Å²) in [5.74, 6) is 1.71. The third-order valence-electron chi connectivity index (χ3n) is 7.53. The number of carbonyl (C=O) groups is 2. The van der Waals surface area contributed by atoms with Gasteiger partial charge < -0.3 is 14.5 Å². The van der Waals surface area contributed by atoms with Crippen LogP contribution in [0.2, 0.25) is 0 Å². The Morgan fingerprint density at radius 2 is 1.84 bits per heavy atom. The average molecular weight is 517 g/mol. The number of nitrogens with zero attached hydrogens (tertiary/aromatic N) is 2. The summed E-state index contributed by atoms with van der Waals surface area (Å²) in [5, 5.41) is 2.10. The molecule has 1 aliphatic carbocycles. The van der Waals surface area contributed by atoms with Crippen LogP contribution in [0.25, 0.3) is 0 Å². The van der Waals surface area contributed by atoms with Gasteiger partial charge in [-0.05, 0) is 84.4 Å². The number of hydrogen-bond acceptors (Lipinski definition) is 4. The molecule has 194 valence electrons. The molecule has 1 saturated carbocycles. The Balaban J connectivity index is 1.33. The molecule has 2 aliphatic rings. The fourth-order valence-electron chi connectivity index (χ4n) is 5.07. The van der Waals surface area contributed by atoms with Crippen molar-refractivity contribution in [1.82, 2.24) is 9.80 Å². The molecule has 0 saturated heterocycles. The first-order valence-electron chi connectivity index (χ1n) is 13.3. The number of hydrogen-bond donors (Lipinski definition) is 0. The van der Waals surface area contributed by atoms with Crippen molar-refractivity contribution in [3.05, 3.63) is 87.1 Å². The molecule has 5 nitrogen and oxygen atoms in total. The predicted octanol–water partition coefficient (Wildman–Crippen LogP) is 6.24. The van der Waals surface area contributed by atoms with Crippen molar-refractivity contribution in [2.75, 3.05) is 26.2 Å². The molecule has 1 atom stereocenters. The molecule has 0 N–H and O–H groups in total. The van der Waals surface area contributed by atoms with Gasteiger partial charge in [0, 0.05) is 23.5 Å². The van der Waals surface area contributed by atoms with Crippen LogP contribution in [0.1, 0.15) is 70.6 Å². The summed E-state index contributed by atoms with van der Waals surface area (Å²) in [7, 11) is 0. The quantitative estimate of drug-likeness (QED) is 0.338. The van der Waals surface area contributed by atoms with Crippen molar-refractivity contribution in [2.45, 2.75) is 52.0 Å². The van der Waals surface area contributed by atoms with E-state index in [0.717, 1.165) is 30.6 Å². The molecule has 6 heteroatoms. The summed E-state index contributed by atoms with van der Waals surface area (Å²) in [6.45, 7) is 8.08. The monoisotopic (exact) mass is 516 g/mol. The lowest BCUT2D eigenvalue weighted by molar-refractivity contribution is -0.135. The molecule has 0 bridgehead atoms. The third-order valence-corrected chi connectivity index (χ3v) is 8.53. The summed E-state index contributed by atoms with van der Waals surface area (Å²) in [6.07, 6.45) is 3.09. The normalized spacial score (nSPS) is 17.0. The van der Waals surface area contributed by atoms with Crippen LogP contribution in [0.15, 0.2) is 60.0 Å². The average Bonchev–Trinajstić information content (AvgIpc) is 3.59. The zero-order chi connectivity index (χ0) is 25.9. The first kappa shape index (κ1) is 25.5. The van der Waals surface area contributed by atoms with E-state index in [-0.39, 0.29) is 24.4 Å². The maximum Gasteiger partial charge on any atom is 0.254 e. The van der Waals surface area contributed by atoms with Crippen molar-refractivity contribution >= 4 is 23.2 Å². The van der Waals surface area contributed by atoms with Gasteiger partial charge in [0.15, 0.2) is 0 Å². The number of benzene rings is 2. The maximum absolute atomic E-state index is 13.8. The Bertz CT molecular complexity index is 1250. The van der Waals surface area contributed by atoms with E-state index in [1.54, 1.807) is 16.2 Å². The van der Waals surface area contributed by atoms with Gasteiger partial charge in [0.25, 0.3) is 5.91 Å². The highest BCUT2D eigenvalue weighted by Gasteiger charge is 2.35. The fraction of sp³-hybridized carbons (Fsp3) is 0.419. The van der Waals surface area contributed by atoms with Crippen LogP contribution in [0.5, 0.6) is 5.75 Å². The summed E-state index contributed by atoms with van der Waals surface area (Å²) >= 11 is 1.75. The second-order valence-electron chi connectivity index (χ2n) is 10.6. The number of aryl methyl sites for hydroxylation is 1. The molecule has 3 aromatic rings. The smallest absolute Gasteiger partial charge is 0.254 e. The van der Waals surface area contributed by atoms with E-state index in [1.165, 1.54) is 16.0 Å². The molecule has 1 aromatic heterocycles. The second kappa shape index (κ2) is 11.1. The van der Waals surface area contributed by atoms with E-state index < -0.39 is 0 Å². The minimum atomic E-state index is -0.163. The topological polar surface area (TPSA) is 49.9 Å². The standard InChI is InChI=1S/C31H36N2O3S/c1-21(2)24-10-12-25(13-11-24)36-20-28-27-15-17-37-29(27)14-16-33(28)30(34)19-32(18-23-8-9-23)31(35)26-7-5-4-6-22(26)3/h4-7,10-13,15,17,21,23,28H,8-9,14,16,18-20H2,1-3H3/t28-/m0/s1. The molecule has 2 heterocycles. The van der Waals surface area contributed by atoms with Gasteiger partial charge in [0.1, 0.15) is 18.9 Å². The minimum absolute atomic E-state index is 0.0109. The third kappa shape index (κ3) is 5.90. The molecule has 0 radical (unpaired) electrons. The van der Waals surface area contributed by atoms with Crippen LogP contribution >= 0.6 is 11.3 Å². The lowest BCUT2D eigenvalue weighted by Crippen LogP contribution is -2.48. The number of amides is 2. The highest BCUT2D eigenvalue weighted by molar-refractivity contribution is 7.10. The molecule has 1 aliphatic heterocycles. The number of carbonyl (C=O) groups excluding carboxylic acids is 2. The number of fused-ring (bicyclic) bond motifs is 1. The highest BCUT2D eigenvalue weighted by atomic mass is 32.1. The minimum Gasteiger partial charge on any atom is -0.491 e. The summed E-state index contributed by atoms with van der Waals surface area (Å²) in [4.78, 5) is 32.3. The molecule has 0 spiro atoms. The molecule has 5 rings (SSSR count). The Morgan fingerprint density at radius 3 is 2.54 bits per heavy atom. The van der Waals surface area contributed by atoms with Gasteiger partial charge in [-0.2, -0.15) is 0 Å². The van der Waals surface area contributed by atoms with Gasteiger partial charge in [0.05, 0.1) is 6.04 Å². The second-order valence-corrected chi connectivity index (χ2v) is 11.6. The van der Waals surface area contributed by atoms with Crippen LogP contribution in [-0.2, 0) is 11.2 Å². The molecular formula is C31H36N2O3S. The lowest BCUT2D eigenvalue weighted by atomic mass is 10.00. The van der Waals surface area contributed by atoms with Crippen molar-refractivity contribution in [1.29, 1.82) is 0 Å². The fourth-order valence-corrected chi connectivity index (χ4v) is 6.00. The molecule has 2 amide bonds. The van der Waals surface area contributed by atoms with Crippen molar-refractivity contribution < 1.29 is 14.3 Å². The molecule has 0 unspecified atom stereocenters. The maximum atomic E-state index is 13.8. The Kier molecular flexibility index (Phi) is 7.65. The predicted molar refractivity (Wildman–Crippen MR) is 148 cm³/mol. The first-order chi connectivity index (χ1) is 17.9. The largest absolute Gasteiger partial charge is 0.491 e. The van der Waals surface area contributed by atoms with E-state index in [1.807, 2.05) is 48.2 Å². The van der Waals surface area contributed by atoms with Crippen LogP contribution in [0, 0.1) is 12.8 Å². The SMILES string of the molecule is Cc1ccccc1C(=O)N(CC(=O)N1CCc2sccc2[C@@H]1COc1ccc(C(C)C)cc1)CC1CC1. The summed E-state index contributed by atoms with van der Waals surface area (Å²) in [6, 6.07) is 17.8. The number of ether oxygens (including phenoxy) is 1. The van der Waals surface area contributed by atoms with Gasteiger partial charge >= 0.3 is 0 Å². The Morgan fingerprint density at radius 1 is 1.08 bits per heavy atom. The molecule has 2 aromatic carbocycles. The Hall–Kier alpha value is -3.12. The van der Waals surface area contributed by atoms with Crippen molar-refractivity contribution in [3.63, 3.8) is 0 Å². The van der Waals surface area contributed by atoms with Gasteiger partial charge in [0.2, 0.25) is 5.91 Å². The van der Waals surface area contributed by atoms with Crippen LogP contribution in [0.3, 0.4) is 0 Å². The highest BCUT2D eigenvalue weighted by Crippen LogP contribution is 2.35. The van der Waals surface area contributed by atoms with E-state index >= 15 is 0 Å². The van der Waals surface area contributed by atoms with Gasteiger partial charge in [-0.15, -0.1) is 11.3 Å². The number of rotatable bonds is 9. The lowest BCUT2D eigenvalue weighted by Gasteiger charge is -2.37. The molecular weight excluding hydrogens is 480 g/mol. The van der Waals surface area contributed by atoms with Crippen molar-refractivity contribution in [3.8, 4) is 5.75 Å². The zero-order valence-electron chi connectivity index (χ0n) is 22.0. The zero-order valence-corrected chi connectivity index (χ0v) is 22.8. The Labute approximate surface area is 224 Å². The molecule has 1 fully saturated rings. The van der Waals surface area contributed by atoms with Crippen molar-refractivity contribution in [2.24, 2.45) is 5.92 Å². The first-order valence-corrected chi connectivity index (χ1v) is 14.2. The molecule has 37 heavy (non-hydrogen) atoms. The van der Waals surface area contributed by atoms with Gasteiger partial charge in [-0.25, -0.2) is 0 Å².